The van der Waals surface area contributed by atoms with Crippen molar-refractivity contribution in [2.24, 2.45) is 0 Å². The van der Waals surface area contributed by atoms with E-state index in [2.05, 4.69) is 41.3 Å². The molecule has 0 aliphatic rings. The lowest BCUT2D eigenvalue weighted by atomic mass is 10.1. The third-order valence-corrected chi connectivity index (χ3v) is 2.15. The fourth-order valence-corrected chi connectivity index (χ4v) is 1.39. The van der Waals surface area contributed by atoms with Crippen molar-refractivity contribution < 1.29 is 4.52 Å². The van der Waals surface area contributed by atoms with E-state index in [1.165, 1.54) is 11.1 Å². The first kappa shape index (κ1) is 9.15. The van der Waals surface area contributed by atoms with Crippen LogP contribution in [0.4, 0.5) is 0 Å². The lowest BCUT2D eigenvalue weighted by molar-refractivity contribution is 0.399. The van der Waals surface area contributed by atoms with E-state index < -0.39 is 0 Å². The second-order valence-electron chi connectivity index (χ2n) is 3.19. The Balaban J connectivity index is 2.19. The molecular formula is C10H10N2OS. The number of nitrogens with one attached hydrogen (secondary N) is 1. The lowest BCUT2D eigenvalue weighted by Crippen LogP contribution is -1.90. The van der Waals surface area contributed by atoms with Gasteiger partial charge in [0.2, 0.25) is 0 Å². The van der Waals surface area contributed by atoms with Gasteiger partial charge in [0.1, 0.15) is 5.82 Å². The highest BCUT2D eigenvalue weighted by Gasteiger charge is 1.99. The smallest absolute Gasteiger partial charge is 0.314 e. The van der Waals surface area contributed by atoms with Crippen LogP contribution in [-0.2, 0) is 6.42 Å². The van der Waals surface area contributed by atoms with Crippen LogP contribution in [0.25, 0.3) is 0 Å². The molecule has 0 aliphatic carbocycles. The number of hydrogen-bond donors (Lipinski definition) is 1. The number of rotatable bonds is 2. The van der Waals surface area contributed by atoms with Crippen LogP contribution in [0, 0.1) is 11.8 Å². The molecule has 14 heavy (non-hydrogen) atoms. The minimum atomic E-state index is 0.257. The Morgan fingerprint density at radius 3 is 2.64 bits per heavy atom. The van der Waals surface area contributed by atoms with Gasteiger partial charge in [-0.1, -0.05) is 29.8 Å². The van der Waals surface area contributed by atoms with E-state index in [0.29, 0.717) is 0 Å². The minimum absolute atomic E-state index is 0.257. The molecule has 1 aromatic carbocycles. The van der Waals surface area contributed by atoms with Crippen LogP contribution < -0.4 is 0 Å². The van der Waals surface area contributed by atoms with Crippen LogP contribution in [0.5, 0.6) is 0 Å². The Morgan fingerprint density at radius 2 is 2.07 bits per heavy atom. The van der Waals surface area contributed by atoms with Crippen molar-refractivity contribution in [3.05, 3.63) is 46.1 Å². The van der Waals surface area contributed by atoms with Crippen molar-refractivity contribution in [2.45, 2.75) is 13.3 Å². The van der Waals surface area contributed by atoms with Gasteiger partial charge in [0.15, 0.2) is 0 Å². The van der Waals surface area contributed by atoms with Crippen molar-refractivity contribution in [3.63, 3.8) is 0 Å². The number of aryl methyl sites for hydroxylation is 1. The van der Waals surface area contributed by atoms with E-state index in [-0.39, 0.29) is 4.84 Å². The van der Waals surface area contributed by atoms with E-state index in [1.54, 1.807) is 0 Å². The first-order valence-electron chi connectivity index (χ1n) is 4.34. The van der Waals surface area contributed by atoms with Gasteiger partial charge in [-0.2, -0.15) is 4.98 Å². The second kappa shape index (κ2) is 3.75. The zero-order valence-electron chi connectivity index (χ0n) is 7.78. The Morgan fingerprint density at radius 1 is 1.36 bits per heavy atom. The van der Waals surface area contributed by atoms with E-state index in [0.717, 1.165) is 12.2 Å². The molecule has 0 fully saturated rings. The van der Waals surface area contributed by atoms with Crippen molar-refractivity contribution in [3.8, 4) is 0 Å². The van der Waals surface area contributed by atoms with Gasteiger partial charge in [-0.25, -0.2) is 5.16 Å². The molecule has 0 radical (unpaired) electrons. The van der Waals surface area contributed by atoms with E-state index >= 15 is 0 Å². The topological polar surface area (TPSA) is 41.8 Å². The van der Waals surface area contributed by atoms with Gasteiger partial charge < -0.3 is 4.52 Å². The van der Waals surface area contributed by atoms with Gasteiger partial charge >= 0.3 is 4.84 Å². The molecule has 1 N–H and O–H groups in total. The quantitative estimate of drug-likeness (QED) is 0.768. The predicted octanol–water partition coefficient (Wildman–Crippen LogP) is 2.63. The maximum atomic E-state index is 4.84. The molecule has 2 aromatic rings. The molecule has 0 unspecified atom stereocenters. The summed E-state index contributed by atoms with van der Waals surface area (Å²) >= 11 is 4.76. The average Bonchev–Trinajstić information content (AvgIpc) is 2.56. The normalized spacial score (nSPS) is 10.4. The van der Waals surface area contributed by atoms with Crippen molar-refractivity contribution in [1.82, 2.24) is 10.1 Å². The third kappa shape index (κ3) is 2.09. The highest BCUT2D eigenvalue weighted by Crippen LogP contribution is 2.07. The number of benzene rings is 1. The number of H-pyrrole nitrogens is 1. The average molecular weight is 206 g/mol. The SMILES string of the molecule is Cc1ccc(Cc2nc(=S)o[nH]2)cc1. The summed E-state index contributed by atoms with van der Waals surface area (Å²) in [5.41, 5.74) is 2.44. The first-order valence-corrected chi connectivity index (χ1v) is 4.75. The van der Waals surface area contributed by atoms with Crippen LogP contribution in [0.15, 0.2) is 28.8 Å². The van der Waals surface area contributed by atoms with E-state index in [1.807, 2.05) is 0 Å². The summed E-state index contributed by atoms with van der Waals surface area (Å²) in [5.74, 6) is 0.763. The Labute approximate surface area is 86.8 Å². The molecule has 0 atom stereocenters. The summed E-state index contributed by atoms with van der Waals surface area (Å²) in [6.07, 6.45) is 0.723. The molecule has 0 bridgehead atoms. The van der Waals surface area contributed by atoms with Crippen molar-refractivity contribution >= 4 is 12.2 Å². The molecule has 0 saturated carbocycles. The molecule has 0 aliphatic heterocycles. The van der Waals surface area contributed by atoms with Gasteiger partial charge in [-0.3, -0.25) is 0 Å². The summed E-state index contributed by atoms with van der Waals surface area (Å²) < 4.78 is 4.84. The van der Waals surface area contributed by atoms with Crippen molar-refractivity contribution in [1.29, 1.82) is 0 Å². The van der Waals surface area contributed by atoms with Gasteiger partial charge in [-0.15, -0.1) is 0 Å². The molecule has 1 heterocycles. The Kier molecular flexibility index (Phi) is 2.45. The van der Waals surface area contributed by atoms with Gasteiger partial charge in [-0.05, 0) is 24.7 Å². The van der Waals surface area contributed by atoms with Crippen LogP contribution in [0.1, 0.15) is 17.0 Å². The zero-order chi connectivity index (χ0) is 9.97. The first-order chi connectivity index (χ1) is 6.74. The summed E-state index contributed by atoms with van der Waals surface area (Å²) in [6, 6.07) is 8.29. The Hall–Kier alpha value is -1.42. The fraction of sp³-hybridized carbons (Fsp3) is 0.200. The largest absolute Gasteiger partial charge is 0.348 e. The third-order valence-electron chi connectivity index (χ3n) is 1.97. The molecule has 1 aromatic heterocycles. The monoisotopic (exact) mass is 206 g/mol. The lowest BCUT2D eigenvalue weighted by Gasteiger charge is -1.97. The molecule has 0 saturated heterocycles. The maximum absolute atomic E-state index is 4.84. The Bertz CT molecular complexity index is 469. The number of aromatic nitrogens is 2. The van der Waals surface area contributed by atoms with Crippen LogP contribution in [0.3, 0.4) is 0 Å². The standard InChI is InChI=1S/C10H10N2OS/c1-7-2-4-8(5-3-7)6-9-11-10(14)13-12-9/h2-5H,6H2,1H3,(H,11,12,14). The van der Waals surface area contributed by atoms with Gasteiger partial charge in [0.25, 0.3) is 0 Å². The highest BCUT2D eigenvalue weighted by atomic mass is 32.1. The zero-order valence-corrected chi connectivity index (χ0v) is 8.60. The highest BCUT2D eigenvalue weighted by molar-refractivity contribution is 7.71. The molecule has 0 spiro atoms. The molecule has 2 rings (SSSR count). The number of aromatic amines is 1. The van der Waals surface area contributed by atoms with E-state index in [4.69, 9.17) is 16.7 Å². The summed E-state index contributed by atoms with van der Waals surface area (Å²) in [4.78, 5) is 4.28. The van der Waals surface area contributed by atoms with Crippen LogP contribution in [0.2, 0.25) is 0 Å². The fourth-order valence-electron chi connectivity index (χ4n) is 1.23. The number of nitrogens with zero attached hydrogens (tertiary/aromatic N) is 1. The minimum Gasteiger partial charge on any atom is -0.348 e. The van der Waals surface area contributed by atoms with Gasteiger partial charge in [0.05, 0.1) is 0 Å². The van der Waals surface area contributed by atoms with Crippen LogP contribution >= 0.6 is 12.2 Å². The molecule has 0 amide bonds. The van der Waals surface area contributed by atoms with Crippen LogP contribution in [-0.4, -0.2) is 10.1 Å². The summed E-state index contributed by atoms with van der Waals surface area (Å²) in [6.45, 7) is 2.06. The molecule has 4 heteroatoms. The van der Waals surface area contributed by atoms with E-state index in [9.17, 15) is 0 Å². The predicted molar refractivity (Wildman–Crippen MR) is 55.7 cm³/mol. The second-order valence-corrected chi connectivity index (χ2v) is 3.54. The summed E-state index contributed by atoms with van der Waals surface area (Å²) in [5, 5.41) is 2.68. The van der Waals surface area contributed by atoms with Gasteiger partial charge in [0, 0.05) is 6.42 Å². The van der Waals surface area contributed by atoms with Crippen molar-refractivity contribution in [2.75, 3.05) is 0 Å². The summed E-state index contributed by atoms with van der Waals surface area (Å²) in [7, 11) is 0. The number of hydrogen-bond acceptors (Lipinski definition) is 3. The molecule has 72 valence electrons. The molecular weight excluding hydrogens is 196 g/mol. The maximum Gasteiger partial charge on any atom is 0.314 e. The molecule has 3 nitrogen and oxygen atoms in total.